The predicted molar refractivity (Wildman–Crippen MR) is 157 cm³/mol. The summed E-state index contributed by atoms with van der Waals surface area (Å²) in [6.45, 7) is 2.29. The summed E-state index contributed by atoms with van der Waals surface area (Å²) in [6, 6.07) is 3.94. The highest BCUT2D eigenvalue weighted by molar-refractivity contribution is 6.31. The average molecular weight is 555 g/mol. The number of benzene rings is 1. The normalized spacial score (nSPS) is 24.6. The fraction of sp³-hybridized carbons (Fsp3) is 0.824. The van der Waals surface area contributed by atoms with Gasteiger partial charge in [0.2, 0.25) is 0 Å². The van der Waals surface area contributed by atoms with Crippen LogP contribution in [-0.2, 0) is 6.18 Å². The van der Waals surface area contributed by atoms with Crippen LogP contribution in [0.2, 0.25) is 5.02 Å². The molecule has 0 bridgehead atoms. The molecule has 0 saturated heterocycles. The lowest BCUT2D eigenvalue weighted by molar-refractivity contribution is -0.137. The molecule has 0 spiro atoms. The zero-order valence-corrected chi connectivity index (χ0v) is 24.9. The van der Waals surface area contributed by atoms with E-state index in [-0.39, 0.29) is 5.02 Å². The molecule has 1 aromatic carbocycles. The van der Waals surface area contributed by atoms with Gasteiger partial charge in [-0.15, -0.1) is 0 Å². The number of hydrogen-bond acceptors (Lipinski definition) is 0. The van der Waals surface area contributed by atoms with E-state index in [1.165, 1.54) is 134 Å². The molecule has 0 N–H and O–H groups in total. The number of rotatable bonds is 16. The van der Waals surface area contributed by atoms with Crippen LogP contribution < -0.4 is 0 Å². The van der Waals surface area contributed by atoms with E-state index in [9.17, 15) is 13.2 Å². The molecule has 0 aliphatic heterocycles. The van der Waals surface area contributed by atoms with Crippen LogP contribution in [0.1, 0.15) is 165 Å². The molecule has 218 valence electrons. The number of hydrogen-bond donors (Lipinski definition) is 0. The summed E-state index contributed by atoms with van der Waals surface area (Å²) in [6.07, 6.45) is 25.8. The van der Waals surface area contributed by atoms with Crippen LogP contribution in [0.4, 0.5) is 13.2 Å². The zero-order chi connectivity index (χ0) is 27.2. The van der Waals surface area contributed by atoms with Crippen LogP contribution in [0.3, 0.4) is 0 Å². The third-order valence-corrected chi connectivity index (χ3v) is 10.1. The Kier molecular flexibility index (Phi) is 14.4. The molecule has 4 heteroatoms. The lowest BCUT2D eigenvalue weighted by Gasteiger charge is -2.38. The first-order valence-corrected chi connectivity index (χ1v) is 16.6. The van der Waals surface area contributed by atoms with Crippen molar-refractivity contribution in [2.24, 2.45) is 17.8 Å². The highest BCUT2D eigenvalue weighted by Crippen LogP contribution is 2.46. The van der Waals surface area contributed by atoms with Gasteiger partial charge in [-0.1, -0.05) is 127 Å². The molecule has 0 amide bonds. The van der Waals surface area contributed by atoms with Crippen LogP contribution in [0.5, 0.6) is 0 Å². The highest BCUT2D eigenvalue weighted by Gasteiger charge is 2.34. The maximum Gasteiger partial charge on any atom is 0.416 e. The Labute approximate surface area is 236 Å². The van der Waals surface area contributed by atoms with Gasteiger partial charge >= 0.3 is 6.18 Å². The predicted octanol–water partition coefficient (Wildman–Crippen LogP) is 12.9. The first kappa shape index (κ1) is 31.8. The van der Waals surface area contributed by atoms with Crippen molar-refractivity contribution in [3.05, 3.63) is 34.3 Å². The molecule has 2 aliphatic carbocycles. The van der Waals surface area contributed by atoms with Gasteiger partial charge in [0, 0.05) is 5.02 Å². The van der Waals surface area contributed by atoms with E-state index in [4.69, 9.17) is 11.6 Å². The molecule has 0 unspecified atom stereocenters. The SMILES string of the molecule is CCCCCCCCCCCCCCCC1CCC(C2CCC(c3ccc(C(F)(F)F)cc3Cl)CC2)CC1. The smallest absolute Gasteiger partial charge is 0.166 e. The van der Waals surface area contributed by atoms with Crippen molar-refractivity contribution in [2.45, 2.75) is 160 Å². The van der Waals surface area contributed by atoms with Crippen LogP contribution in [0.25, 0.3) is 0 Å². The lowest BCUT2D eigenvalue weighted by atomic mass is 9.68. The molecular weight excluding hydrogens is 501 g/mol. The standard InChI is InChI=1S/C34H54ClF3/c1-2-3-4-5-6-7-8-9-10-11-12-13-14-15-27-16-18-28(19-17-27)29-20-22-30(23-21-29)32-25-24-31(26-33(32)35)34(36,37)38/h24-30H,2-23H2,1H3. The van der Waals surface area contributed by atoms with Crippen molar-refractivity contribution < 1.29 is 13.2 Å². The lowest BCUT2D eigenvalue weighted by Crippen LogP contribution is -2.25. The first-order chi connectivity index (χ1) is 18.4. The van der Waals surface area contributed by atoms with Gasteiger partial charge in [0.25, 0.3) is 0 Å². The second kappa shape index (κ2) is 17.2. The molecular formula is C34H54ClF3. The minimum atomic E-state index is -4.33. The fourth-order valence-electron chi connectivity index (χ4n) is 7.34. The summed E-state index contributed by atoms with van der Waals surface area (Å²) in [4.78, 5) is 0. The molecule has 0 radical (unpaired) electrons. The number of halogens is 4. The molecule has 2 aliphatic rings. The van der Waals surface area contributed by atoms with E-state index in [0.29, 0.717) is 5.92 Å². The largest absolute Gasteiger partial charge is 0.416 e. The third kappa shape index (κ3) is 11.1. The summed E-state index contributed by atoms with van der Waals surface area (Å²) in [5.41, 5.74) is 0.273. The Morgan fingerprint density at radius 1 is 0.658 bits per heavy atom. The number of unbranched alkanes of at least 4 members (excludes halogenated alkanes) is 12. The highest BCUT2D eigenvalue weighted by atomic mass is 35.5. The van der Waals surface area contributed by atoms with Crippen molar-refractivity contribution in [2.75, 3.05) is 0 Å². The summed E-state index contributed by atoms with van der Waals surface area (Å²) in [5.74, 6) is 2.92. The second-order valence-electron chi connectivity index (χ2n) is 12.7. The topological polar surface area (TPSA) is 0 Å². The Hall–Kier alpha value is -0.700. The molecule has 0 nitrogen and oxygen atoms in total. The van der Waals surface area contributed by atoms with Crippen LogP contribution in [-0.4, -0.2) is 0 Å². The van der Waals surface area contributed by atoms with Crippen molar-refractivity contribution in [1.82, 2.24) is 0 Å². The van der Waals surface area contributed by atoms with Crippen LogP contribution in [0.15, 0.2) is 18.2 Å². The minimum absolute atomic E-state index is 0.289. The van der Waals surface area contributed by atoms with Crippen LogP contribution >= 0.6 is 11.6 Å². The van der Waals surface area contributed by atoms with E-state index >= 15 is 0 Å². The van der Waals surface area contributed by atoms with Gasteiger partial charge in [0.1, 0.15) is 0 Å². The monoisotopic (exact) mass is 554 g/mol. The van der Waals surface area contributed by atoms with Crippen molar-refractivity contribution in [3.8, 4) is 0 Å². The fourth-order valence-corrected chi connectivity index (χ4v) is 7.67. The molecule has 0 heterocycles. The van der Waals surface area contributed by atoms with Gasteiger partial charge in [-0.25, -0.2) is 0 Å². The van der Waals surface area contributed by atoms with Crippen molar-refractivity contribution in [1.29, 1.82) is 0 Å². The zero-order valence-electron chi connectivity index (χ0n) is 24.1. The van der Waals surface area contributed by atoms with Crippen LogP contribution in [0, 0.1) is 17.8 Å². The van der Waals surface area contributed by atoms with Crippen molar-refractivity contribution >= 4 is 11.6 Å². The Balaban J connectivity index is 1.20. The first-order valence-electron chi connectivity index (χ1n) is 16.2. The molecule has 0 atom stereocenters. The van der Waals surface area contributed by atoms with E-state index in [1.807, 2.05) is 0 Å². The second-order valence-corrected chi connectivity index (χ2v) is 13.1. The van der Waals surface area contributed by atoms with Gasteiger partial charge in [-0.3, -0.25) is 0 Å². The van der Waals surface area contributed by atoms with Gasteiger partial charge in [-0.05, 0) is 79.9 Å². The van der Waals surface area contributed by atoms with E-state index in [2.05, 4.69) is 6.92 Å². The summed E-state index contributed by atoms with van der Waals surface area (Å²) in [5, 5.41) is 0.289. The minimum Gasteiger partial charge on any atom is -0.166 e. The Morgan fingerprint density at radius 3 is 1.61 bits per heavy atom. The molecule has 3 rings (SSSR count). The molecule has 2 saturated carbocycles. The summed E-state index contributed by atoms with van der Waals surface area (Å²) >= 11 is 6.28. The van der Waals surface area contributed by atoms with Gasteiger partial charge < -0.3 is 0 Å². The number of alkyl halides is 3. The summed E-state index contributed by atoms with van der Waals surface area (Å²) in [7, 11) is 0. The molecule has 1 aromatic rings. The Bertz CT molecular complexity index is 757. The quantitative estimate of drug-likeness (QED) is 0.178. The van der Waals surface area contributed by atoms with Crippen molar-refractivity contribution in [3.63, 3.8) is 0 Å². The third-order valence-electron chi connectivity index (χ3n) is 9.81. The summed E-state index contributed by atoms with van der Waals surface area (Å²) < 4.78 is 38.9. The molecule has 38 heavy (non-hydrogen) atoms. The van der Waals surface area contributed by atoms with Gasteiger partial charge in [0.15, 0.2) is 0 Å². The van der Waals surface area contributed by atoms with E-state index < -0.39 is 11.7 Å². The van der Waals surface area contributed by atoms with Gasteiger partial charge in [0.05, 0.1) is 5.56 Å². The maximum absolute atomic E-state index is 13.0. The van der Waals surface area contributed by atoms with E-state index in [1.54, 1.807) is 6.07 Å². The average Bonchev–Trinajstić information content (AvgIpc) is 2.91. The maximum atomic E-state index is 13.0. The molecule has 2 fully saturated rings. The van der Waals surface area contributed by atoms with E-state index in [0.717, 1.165) is 42.2 Å². The molecule has 0 aromatic heterocycles. The van der Waals surface area contributed by atoms with Gasteiger partial charge in [-0.2, -0.15) is 13.2 Å². The Morgan fingerprint density at radius 2 is 1.13 bits per heavy atom.